The van der Waals surface area contributed by atoms with Crippen LogP contribution in [-0.2, 0) is 4.79 Å². The van der Waals surface area contributed by atoms with Crippen LogP contribution in [0.3, 0.4) is 0 Å². The molecule has 1 aliphatic carbocycles. The van der Waals surface area contributed by atoms with Crippen molar-refractivity contribution in [3.05, 3.63) is 28.2 Å². The van der Waals surface area contributed by atoms with E-state index in [4.69, 9.17) is 9.84 Å². The van der Waals surface area contributed by atoms with Crippen molar-refractivity contribution < 1.29 is 14.6 Å². The van der Waals surface area contributed by atoms with Crippen molar-refractivity contribution in [2.75, 3.05) is 6.61 Å². The summed E-state index contributed by atoms with van der Waals surface area (Å²) < 4.78 is 6.73. The first-order chi connectivity index (χ1) is 8.01. The molecule has 0 spiro atoms. The van der Waals surface area contributed by atoms with E-state index in [1.165, 1.54) is 0 Å². The van der Waals surface area contributed by atoms with E-state index in [2.05, 4.69) is 15.9 Å². The Balaban J connectivity index is 1.98. The Kier molecular flexibility index (Phi) is 3.43. The van der Waals surface area contributed by atoms with Gasteiger partial charge in [0.25, 0.3) is 0 Å². The number of carbonyl (C=O) groups is 1. The third kappa shape index (κ3) is 3.22. The summed E-state index contributed by atoms with van der Waals surface area (Å²) in [5.74, 6) is 0.0908. The van der Waals surface area contributed by atoms with Gasteiger partial charge in [-0.3, -0.25) is 4.79 Å². The predicted molar refractivity (Wildman–Crippen MR) is 68.3 cm³/mol. The summed E-state index contributed by atoms with van der Waals surface area (Å²) >= 11 is 3.40. The van der Waals surface area contributed by atoms with E-state index in [-0.39, 0.29) is 11.8 Å². The molecule has 1 saturated carbocycles. The third-order valence-corrected chi connectivity index (χ3v) is 3.66. The van der Waals surface area contributed by atoms with E-state index < -0.39 is 5.97 Å². The average molecular weight is 299 g/mol. The zero-order valence-corrected chi connectivity index (χ0v) is 11.3. The maximum atomic E-state index is 10.7. The molecule has 1 aliphatic rings. The summed E-state index contributed by atoms with van der Waals surface area (Å²) in [6.45, 7) is 2.48. The van der Waals surface area contributed by atoms with Gasteiger partial charge in [0.2, 0.25) is 0 Å². The molecule has 0 unspecified atom stereocenters. The van der Waals surface area contributed by atoms with Crippen LogP contribution < -0.4 is 4.74 Å². The molecule has 0 heterocycles. The van der Waals surface area contributed by atoms with Crippen molar-refractivity contribution in [2.24, 2.45) is 5.41 Å². The fourth-order valence-corrected chi connectivity index (χ4v) is 2.17. The third-order valence-electron chi connectivity index (χ3n) is 3.17. The molecule has 92 valence electrons. The Morgan fingerprint density at radius 3 is 2.82 bits per heavy atom. The van der Waals surface area contributed by atoms with Gasteiger partial charge in [0.15, 0.2) is 0 Å². The molecule has 0 saturated heterocycles. The fraction of sp³-hybridized carbons (Fsp3) is 0.462. The van der Waals surface area contributed by atoms with Crippen LogP contribution in [0.4, 0.5) is 0 Å². The van der Waals surface area contributed by atoms with Gasteiger partial charge in [-0.15, -0.1) is 0 Å². The van der Waals surface area contributed by atoms with E-state index in [9.17, 15) is 4.79 Å². The van der Waals surface area contributed by atoms with Crippen molar-refractivity contribution in [1.82, 2.24) is 0 Å². The Hall–Kier alpha value is -1.03. The number of aliphatic carboxylic acids is 1. The van der Waals surface area contributed by atoms with Crippen LogP contribution in [0.1, 0.15) is 24.8 Å². The number of ether oxygens (including phenoxy) is 1. The van der Waals surface area contributed by atoms with Crippen LogP contribution in [0.15, 0.2) is 22.7 Å². The maximum absolute atomic E-state index is 10.7. The maximum Gasteiger partial charge on any atom is 0.304 e. The van der Waals surface area contributed by atoms with Crippen molar-refractivity contribution in [2.45, 2.75) is 26.2 Å². The highest BCUT2D eigenvalue weighted by molar-refractivity contribution is 9.10. The lowest BCUT2D eigenvalue weighted by Gasteiger charge is -2.15. The fourth-order valence-electron chi connectivity index (χ4n) is 1.83. The molecule has 1 aromatic rings. The van der Waals surface area contributed by atoms with Crippen LogP contribution in [-0.4, -0.2) is 17.7 Å². The Morgan fingerprint density at radius 1 is 1.53 bits per heavy atom. The van der Waals surface area contributed by atoms with Crippen LogP contribution >= 0.6 is 15.9 Å². The number of rotatable bonds is 5. The lowest BCUT2D eigenvalue weighted by Crippen LogP contribution is -2.17. The molecule has 4 heteroatoms. The number of halogens is 1. The topological polar surface area (TPSA) is 46.5 Å². The predicted octanol–water partition coefficient (Wildman–Crippen LogP) is 3.39. The molecule has 1 N–H and O–H groups in total. The second kappa shape index (κ2) is 4.69. The van der Waals surface area contributed by atoms with Crippen LogP contribution in [0.5, 0.6) is 5.75 Å². The quantitative estimate of drug-likeness (QED) is 0.906. The van der Waals surface area contributed by atoms with E-state index in [0.717, 1.165) is 28.6 Å². The monoisotopic (exact) mass is 298 g/mol. The van der Waals surface area contributed by atoms with E-state index in [1.807, 2.05) is 25.1 Å². The van der Waals surface area contributed by atoms with Gasteiger partial charge in [0.05, 0.1) is 13.0 Å². The van der Waals surface area contributed by atoms with Crippen LogP contribution in [0, 0.1) is 12.3 Å². The summed E-state index contributed by atoms with van der Waals surface area (Å²) in [7, 11) is 0. The SMILES string of the molecule is Cc1ccc(Br)cc1OCC1(CC(=O)O)CC1. The smallest absolute Gasteiger partial charge is 0.304 e. The summed E-state index contributed by atoms with van der Waals surface area (Å²) in [6.07, 6.45) is 2.11. The Labute approximate surface area is 109 Å². The van der Waals surface area contributed by atoms with Crippen LogP contribution in [0.25, 0.3) is 0 Å². The zero-order chi connectivity index (χ0) is 12.5. The highest BCUT2D eigenvalue weighted by atomic mass is 79.9. The molecule has 0 aromatic heterocycles. The summed E-state index contributed by atoms with van der Waals surface area (Å²) in [5, 5.41) is 8.82. The van der Waals surface area contributed by atoms with Gasteiger partial charge in [-0.25, -0.2) is 0 Å². The molecule has 2 rings (SSSR count). The van der Waals surface area contributed by atoms with E-state index in [1.54, 1.807) is 0 Å². The highest BCUT2D eigenvalue weighted by Gasteiger charge is 2.45. The molecule has 0 amide bonds. The molecule has 3 nitrogen and oxygen atoms in total. The molecule has 0 bridgehead atoms. The second-order valence-corrected chi connectivity index (χ2v) is 5.68. The Morgan fingerprint density at radius 2 is 2.24 bits per heavy atom. The summed E-state index contributed by atoms with van der Waals surface area (Å²) in [6, 6.07) is 5.87. The molecule has 0 aliphatic heterocycles. The standard InChI is InChI=1S/C13H15BrO3/c1-9-2-3-10(14)6-11(9)17-8-13(4-5-13)7-12(15)16/h2-3,6H,4-5,7-8H2,1H3,(H,15,16). The minimum absolute atomic E-state index is 0.124. The van der Waals surface area contributed by atoms with Crippen molar-refractivity contribution in [1.29, 1.82) is 0 Å². The van der Waals surface area contributed by atoms with E-state index in [0.29, 0.717) is 6.61 Å². The zero-order valence-electron chi connectivity index (χ0n) is 9.70. The van der Waals surface area contributed by atoms with Gasteiger partial charge in [-0.05, 0) is 37.5 Å². The van der Waals surface area contributed by atoms with Crippen molar-refractivity contribution in [3.8, 4) is 5.75 Å². The molecule has 17 heavy (non-hydrogen) atoms. The number of benzene rings is 1. The molecule has 0 atom stereocenters. The number of hydrogen-bond acceptors (Lipinski definition) is 2. The van der Waals surface area contributed by atoms with Crippen molar-refractivity contribution in [3.63, 3.8) is 0 Å². The first-order valence-electron chi connectivity index (χ1n) is 5.62. The lowest BCUT2D eigenvalue weighted by atomic mass is 10.0. The highest BCUT2D eigenvalue weighted by Crippen LogP contribution is 2.49. The number of hydrogen-bond donors (Lipinski definition) is 1. The minimum atomic E-state index is -0.739. The molecule has 1 fully saturated rings. The first kappa shape index (κ1) is 12.4. The second-order valence-electron chi connectivity index (χ2n) is 4.77. The minimum Gasteiger partial charge on any atom is -0.493 e. The number of carboxylic acids is 1. The summed E-state index contributed by atoms with van der Waals surface area (Å²) in [5.41, 5.74) is 0.944. The largest absolute Gasteiger partial charge is 0.493 e. The van der Waals surface area contributed by atoms with Crippen molar-refractivity contribution >= 4 is 21.9 Å². The summed E-state index contributed by atoms with van der Waals surface area (Å²) in [4.78, 5) is 10.7. The number of aryl methyl sites for hydroxylation is 1. The van der Waals surface area contributed by atoms with Gasteiger partial charge >= 0.3 is 5.97 Å². The first-order valence-corrected chi connectivity index (χ1v) is 6.41. The molecule has 1 aromatic carbocycles. The van der Waals surface area contributed by atoms with E-state index >= 15 is 0 Å². The molecular formula is C13H15BrO3. The van der Waals surface area contributed by atoms with Gasteiger partial charge in [-0.2, -0.15) is 0 Å². The molecular weight excluding hydrogens is 284 g/mol. The number of carboxylic acid groups (broad SMARTS) is 1. The van der Waals surface area contributed by atoms with Gasteiger partial charge in [0.1, 0.15) is 5.75 Å². The van der Waals surface area contributed by atoms with Gasteiger partial charge < -0.3 is 9.84 Å². The lowest BCUT2D eigenvalue weighted by molar-refractivity contribution is -0.138. The Bertz CT molecular complexity index is 438. The molecule has 0 radical (unpaired) electrons. The normalized spacial score (nSPS) is 16.6. The van der Waals surface area contributed by atoms with Gasteiger partial charge in [0, 0.05) is 9.89 Å². The van der Waals surface area contributed by atoms with Gasteiger partial charge in [-0.1, -0.05) is 22.0 Å². The van der Waals surface area contributed by atoms with Crippen LogP contribution in [0.2, 0.25) is 0 Å². The average Bonchev–Trinajstić information content (AvgIpc) is 2.99.